The Morgan fingerprint density at radius 1 is 1.24 bits per heavy atom. The van der Waals surface area contributed by atoms with Gasteiger partial charge in [0.15, 0.2) is 0 Å². The number of hydrogen-bond acceptors (Lipinski definition) is 3. The molecular formula is C18H30N2O. The highest BCUT2D eigenvalue weighted by atomic mass is 16.5. The molecule has 2 rings (SSSR count). The highest BCUT2D eigenvalue weighted by molar-refractivity contribution is 5.24. The second-order valence-corrected chi connectivity index (χ2v) is 6.02. The SMILES string of the molecule is CCc1ccc(C(C)N2CCC(OCCCN)CC2)cc1. The molecule has 0 aliphatic carbocycles. The smallest absolute Gasteiger partial charge is 0.0599 e. The monoisotopic (exact) mass is 290 g/mol. The van der Waals surface area contributed by atoms with E-state index < -0.39 is 0 Å². The van der Waals surface area contributed by atoms with Gasteiger partial charge in [-0.05, 0) is 50.3 Å². The van der Waals surface area contributed by atoms with Crippen molar-refractivity contribution in [2.75, 3.05) is 26.2 Å². The Hall–Kier alpha value is -0.900. The number of hydrogen-bond donors (Lipinski definition) is 1. The van der Waals surface area contributed by atoms with Crippen molar-refractivity contribution in [1.29, 1.82) is 0 Å². The summed E-state index contributed by atoms with van der Waals surface area (Å²) in [5.74, 6) is 0. The average Bonchev–Trinajstić information content (AvgIpc) is 2.55. The van der Waals surface area contributed by atoms with Crippen molar-refractivity contribution in [1.82, 2.24) is 4.90 Å². The van der Waals surface area contributed by atoms with Gasteiger partial charge in [0.1, 0.15) is 0 Å². The topological polar surface area (TPSA) is 38.5 Å². The van der Waals surface area contributed by atoms with E-state index in [4.69, 9.17) is 10.5 Å². The minimum absolute atomic E-state index is 0.433. The van der Waals surface area contributed by atoms with E-state index in [9.17, 15) is 0 Å². The molecule has 0 bridgehead atoms. The quantitative estimate of drug-likeness (QED) is 0.784. The molecule has 0 amide bonds. The van der Waals surface area contributed by atoms with E-state index in [1.54, 1.807) is 0 Å². The highest BCUT2D eigenvalue weighted by Gasteiger charge is 2.23. The lowest BCUT2D eigenvalue weighted by Gasteiger charge is -2.36. The second kappa shape index (κ2) is 8.52. The molecule has 0 saturated carbocycles. The van der Waals surface area contributed by atoms with E-state index in [1.807, 2.05) is 0 Å². The van der Waals surface area contributed by atoms with E-state index >= 15 is 0 Å². The number of nitrogens with two attached hydrogens (primary N) is 1. The molecule has 2 N–H and O–H groups in total. The third kappa shape index (κ3) is 4.80. The molecule has 21 heavy (non-hydrogen) atoms. The van der Waals surface area contributed by atoms with E-state index in [0.29, 0.717) is 12.1 Å². The summed E-state index contributed by atoms with van der Waals surface area (Å²) in [6.07, 6.45) is 4.80. The fraction of sp³-hybridized carbons (Fsp3) is 0.667. The van der Waals surface area contributed by atoms with Crippen LogP contribution in [0.5, 0.6) is 0 Å². The first kappa shape index (κ1) is 16.5. The second-order valence-electron chi connectivity index (χ2n) is 6.02. The Morgan fingerprint density at radius 3 is 2.48 bits per heavy atom. The number of benzene rings is 1. The lowest BCUT2D eigenvalue weighted by Crippen LogP contribution is -2.38. The van der Waals surface area contributed by atoms with Gasteiger partial charge in [0, 0.05) is 25.7 Å². The first-order chi connectivity index (χ1) is 10.2. The predicted octanol–water partition coefficient (Wildman–Crippen LogP) is 3.14. The van der Waals surface area contributed by atoms with Crippen molar-refractivity contribution in [3.05, 3.63) is 35.4 Å². The van der Waals surface area contributed by atoms with Crippen LogP contribution in [0.15, 0.2) is 24.3 Å². The first-order valence-corrected chi connectivity index (χ1v) is 8.39. The Kier molecular flexibility index (Phi) is 6.68. The van der Waals surface area contributed by atoms with Crippen molar-refractivity contribution in [3.63, 3.8) is 0 Å². The minimum Gasteiger partial charge on any atom is -0.378 e. The highest BCUT2D eigenvalue weighted by Crippen LogP contribution is 2.25. The van der Waals surface area contributed by atoms with Crippen molar-refractivity contribution >= 4 is 0 Å². The number of likely N-dealkylation sites (tertiary alicyclic amines) is 1. The van der Waals surface area contributed by atoms with Crippen LogP contribution in [0.4, 0.5) is 0 Å². The molecule has 1 aromatic rings. The normalized spacial score (nSPS) is 18.8. The zero-order valence-electron chi connectivity index (χ0n) is 13.6. The summed E-state index contributed by atoms with van der Waals surface area (Å²) in [5, 5.41) is 0. The van der Waals surface area contributed by atoms with E-state index in [0.717, 1.165) is 51.9 Å². The van der Waals surface area contributed by atoms with Crippen LogP contribution in [-0.4, -0.2) is 37.2 Å². The molecule has 3 nitrogen and oxygen atoms in total. The van der Waals surface area contributed by atoms with Crippen LogP contribution in [0.25, 0.3) is 0 Å². The summed E-state index contributed by atoms with van der Waals surface area (Å²) in [4.78, 5) is 2.57. The lowest BCUT2D eigenvalue weighted by atomic mass is 10.0. The number of rotatable bonds is 7. The molecule has 0 radical (unpaired) electrons. The minimum atomic E-state index is 0.433. The van der Waals surface area contributed by atoms with Crippen LogP contribution in [0.1, 0.15) is 50.3 Å². The molecule has 118 valence electrons. The third-order valence-electron chi connectivity index (χ3n) is 4.60. The van der Waals surface area contributed by atoms with Crippen LogP contribution in [-0.2, 0) is 11.2 Å². The molecule has 1 saturated heterocycles. The fourth-order valence-corrected chi connectivity index (χ4v) is 3.01. The Morgan fingerprint density at radius 2 is 1.90 bits per heavy atom. The molecule has 1 fully saturated rings. The van der Waals surface area contributed by atoms with E-state index in [-0.39, 0.29) is 0 Å². The Balaban J connectivity index is 1.80. The van der Waals surface area contributed by atoms with Crippen molar-refractivity contribution < 1.29 is 4.74 Å². The van der Waals surface area contributed by atoms with Gasteiger partial charge in [-0.3, -0.25) is 4.90 Å². The molecular weight excluding hydrogens is 260 g/mol. The van der Waals surface area contributed by atoms with Gasteiger partial charge >= 0.3 is 0 Å². The van der Waals surface area contributed by atoms with Gasteiger partial charge in [-0.15, -0.1) is 0 Å². The van der Waals surface area contributed by atoms with Gasteiger partial charge in [0.05, 0.1) is 6.10 Å². The van der Waals surface area contributed by atoms with Gasteiger partial charge in [-0.25, -0.2) is 0 Å². The third-order valence-corrected chi connectivity index (χ3v) is 4.60. The molecule has 1 aliphatic heterocycles. The van der Waals surface area contributed by atoms with Crippen LogP contribution in [0.2, 0.25) is 0 Å². The van der Waals surface area contributed by atoms with Crippen LogP contribution in [0, 0.1) is 0 Å². The summed E-state index contributed by atoms with van der Waals surface area (Å²) in [7, 11) is 0. The molecule has 1 aromatic carbocycles. The van der Waals surface area contributed by atoms with Gasteiger partial charge in [-0.1, -0.05) is 31.2 Å². The standard InChI is InChI=1S/C18H30N2O/c1-3-16-5-7-17(8-6-16)15(2)20-12-9-18(10-13-20)21-14-4-11-19/h5-8,15,18H,3-4,9-14,19H2,1-2H3. The maximum atomic E-state index is 5.88. The lowest BCUT2D eigenvalue weighted by molar-refractivity contribution is -0.000747. The maximum Gasteiger partial charge on any atom is 0.0599 e. The number of ether oxygens (including phenoxy) is 1. The molecule has 1 heterocycles. The summed E-state index contributed by atoms with van der Waals surface area (Å²) >= 11 is 0. The zero-order chi connectivity index (χ0) is 15.1. The van der Waals surface area contributed by atoms with Gasteiger partial charge in [0.25, 0.3) is 0 Å². The van der Waals surface area contributed by atoms with Crippen LogP contribution < -0.4 is 5.73 Å². The molecule has 1 atom stereocenters. The molecule has 3 heteroatoms. The number of aryl methyl sites for hydroxylation is 1. The van der Waals surface area contributed by atoms with Gasteiger partial charge in [0.2, 0.25) is 0 Å². The summed E-state index contributed by atoms with van der Waals surface area (Å²) < 4.78 is 5.88. The Bertz CT molecular complexity index is 396. The molecule has 1 unspecified atom stereocenters. The number of nitrogens with zero attached hydrogens (tertiary/aromatic N) is 1. The zero-order valence-corrected chi connectivity index (χ0v) is 13.6. The predicted molar refractivity (Wildman–Crippen MR) is 88.5 cm³/mol. The molecule has 1 aliphatic rings. The fourth-order valence-electron chi connectivity index (χ4n) is 3.01. The summed E-state index contributed by atoms with van der Waals surface area (Å²) in [6.45, 7) is 8.32. The number of piperidine rings is 1. The molecule has 0 spiro atoms. The first-order valence-electron chi connectivity index (χ1n) is 8.39. The van der Waals surface area contributed by atoms with Crippen molar-refractivity contribution in [2.45, 2.75) is 51.7 Å². The van der Waals surface area contributed by atoms with Crippen LogP contribution in [0.3, 0.4) is 0 Å². The van der Waals surface area contributed by atoms with Crippen LogP contribution >= 0.6 is 0 Å². The van der Waals surface area contributed by atoms with E-state index in [1.165, 1.54) is 11.1 Å². The summed E-state index contributed by atoms with van der Waals surface area (Å²) in [6, 6.07) is 9.59. The summed E-state index contributed by atoms with van der Waals surface area (Å²) in [5.41, 5.74) is 8.34. The molecule has 0 aromatic heterocycles. The van der Waals surface area contributed by atoms with Crippen molar-refractivity contribution in [2.24, 2.45) is 5.73 Å². The maximum absolute atomic E-state index is 5.88. The average molecular weight is 290 g/mol. The Labute approximate surface area is 129 Å². The van der Waals surface area contributed by atoms with Gasteiger partial charge < -0.3 is 10.5 Å². The van der Waals surface area contributed by atoms with E-state index in [2.05, 4.69) is 43.0 Å². The largest absolute Gasteiger partial charge is 0.378 e. The van der Waals surface area contributed by atoms with Gasteiger partial charge in [-0.2, -0.15) is 0 Å². The van der Waals surface area contributed by atoms with Crippen molar-refractivity contribution in [3.8, 4) is 0 Å².